The van der Waals surface area contributed by atoms with Gasteiger partial charge in [0.15, 0.2) is 0 Å². The smallest absolute Gasteiger partial charge is 0.0177 e. The molecule has 0 amide bonds. The van der Waals surface area contributed by atoms with Gasteiger partial charge in [-0.3, -0.25) is 0 Å². The minimum Gasteiger partial charge on any atom is -0.0885 e. The Morgan fingerprint density at radius 1 is 0.941 bits per heavy atom. The van der Waals surface area contributed by atoms with Crippen LogP contribution in [0.2, 0.25) is 0 Å². The van der Waals surface area contributed by atoms with E-state index in [-0.39, 0.29) is 0 Å². The van der Waals surface area contributed by atoms with Gasteiger partial charge in [-0.15, -0.1) is 0 Å². The van der Waals surface area contributed by atoms with Crippen LogP contribution in [0.1, 0.15) is 72.1 Å². The largest absolute Gasteiger partial charge is 0.0885 e. The molecular formula is C17H30. The molecule has 0 heteroatoms. The van der Waals surface area contributed by atoms with Crippen LogP contribution >= 0.6 is 0 Å². The first-order valence-corrected chi connectivity index (χ1v) is 7.48. The second kappa shape index (κ2) is 7.74. The fourth-order valence-electron chi connectivity index (χ4n) is 2.18. The number of rotatable bonds is 9. The number of allylic oxidation sites excluding steroid dienone is 4. The van der Waals surface area contributed by atoms with Crippen molar-refractivity contribution in [3.8, 4) is 0 Å². The predicted molar refractivity (Wildman–Crippen MR) is 78.2 cm³/mol. The maximum atomic E-state index is 2.44. The van der Waals surface area contributed by atoms with E-state index in [1.54, 1.807) is 0 Å². The highest BCUT2D eigenvalue weighted by Crippen LogP contribution is 2.52. The van der Waals surface area contributed by atoms with Crippen LogP contribution in [0.4, 0.5) is 0 Å². The van der Waals surface area contributed by atoms with E-state index in [4.69, 9.17) is 0 Å². The summed E-state index contributed by atoms with van der Waals surface area (Å²) in [6.45, 7) is 6.98. The standard InChI is InChI=1S/C17H30/c1-4-5-6-7-8-9-10-11-12-13-14-16-15-17(16,2)3/h7-8,13-14,16H,4-6,9-12,15H2,1-3H3. The second-order valence-electron chi connectivity index (χ2n) is 6.13. The van der Waals surface area contributed by atoms with Gasteiger partial charge in [0.05, 0.1) is 0 Å². The molecule has 0 aromatic carbocycles. The van der Waals surface area contributed by atoms with Crippen molar-refractivity contribution in [1.29, 1.82) is 0 Å². The maximum Gasteiger partial charge on any atom is -0.0177 e. The van der Waals surface area contributed by atoms with Crippen LogP contribution < -0.4 is 0 Å². The Balaban J connectivity index is 1.86. The highest BCUT2D eigenvalue weighted by molar-refractivity contribution is 5.07. The van der Waals surface area contributed by atoms with Gasteiger partial charge in [-0.1, -0.05) is 57.9 Å². The van der Waals surface area contributed by atoms with Crippen molar-refractivity contribution < 1.29 is 0 Å². The molecule has 17 heavy (non-hydrogen) atoms. The molecule has 98 valence electrons. The van der Waals surface area contributed by atoms with Gasteiger partial charge < -0.3 is 0 Å². The Kier molecular flexibility index (Phi) is 6.62. The highest BCUT2D eigenvalue weighted by Gasteiger charge is 2.43. The summed E-state index contributed by atoms with van der Waals surface area (Å²) in [5, 5.41) is 0. The first-order chi connectivity index (χ1) is 8.17. The molecule has 0 radical (unpaired) electrons. The van der Waals surface area contributed by atoms with E-state index in [0.717, 1.165) is 5.92 Å². The van der Waals surface area contributed by atoms with Crippen molar-refractivity contribution in [2.45, 2.75) is 72.1 Å². The average molecular weight is 234 g/mol. The lowest BCUT2D eigenvalue weighted by Crippen LogP contribution is -1.85. The first-order valence-electron chi connectivity index (χ1n) is 7.48. The van der Waals surface area contributed by atoms with E-state index in [0.29, 0.717) is 5.41 Å². The number of hydrogen-bond acceptors (Lipinski definition) is 0. The summed E-state index contributed by atoms with van der Waals surface area (Å²) in [5.41, 5.74) is 0.610. The van der Waals surface area contributed by atoms with E-state index in [1.165, 1.54) is 51.4 Å². The summed E-state index contributed by atoms with van der Waals surface area (Å²) in [7, 11) is 0. The van der Waals surface area contributed by atoms with Crippen LogP contribution in [0.3, 0.4) is 0 Å². The molecule has 1 fully saturated rings. The molecule has 0 heterocycles. The first kappa shape index (κ1) is 14.5. The Morgan fingerprint density at radius 2 is 1.47 bits per heavy atom. The van der Waals surface area contributed by atoms with E-state index in [9.17, 15) is 0 Å². The molecule has 1 unspecified atom stereocenters. The Labute approximate surface area is 108 Å². The third kappa shape index (κ3) is 6.71. The van der Waals surface area contributed by atoms with Crippen molar-refractivity contribution in [3.63, 3.8) is 0 Å². The van der Waals surface area contributed by atoms with Gasteiger partial charge in [0, 0.05) is 0 Å². The SMILES string of the molecule is CCCCC=CCCCCC=CC1CC1(C)C. The Hall–Kier alpha value is -0.520. The predicted octanol–water partition coefficient (Wildman–Crippen LogP) is 5.90. The fraction of sp³-hybridized carbons (Fsp3) is 0.765. The third-order valence-electron chi connectivity index (χ3n) is 3.84. The van der Waals surface area contributed by atoms with Crippen LogP contribution in [-0.4, -0.2) is 0 Å². The molecular weight excluding hydrogens is 204 g/mol. The summed E-state index contributed by atoms with van der Waals surface area (Å²) >= 11 is 0. The van der Waals surface area contributed by atoms with Gasteiger partial charge in [0.1, 0.15) is 0 Å². The van der Waals surface area contributed by atoms with Crippen molar-refractivity contribution in [1.82, 2.24) is 0 Å². The Bertz CT molecular complexity index is 245. The van der Waals surface area contributed by atoms with Crippen LogP contribution in [-0.2, 0) is 0 Å². The number of unbranched alkanes of at least 4 members (excludes halogenated alkanes) is 5. The average Bonchev–Trinajstić information content (AvgIpc) is 2.89. The lowest BCUT2D eigenvalue weighted by Gasteiger charge is -1.96. The minimum atomic E-state index is 0.610. The van der Waals surface area contributed by atoms with Crippen LogP contribution in [0.5, 0.6) is 0 Å². The molecule has 1 aliphatic carbocycles. The third-order valence-corrected chi connectivity index (χ3v) is 3.84. The van der Waals surface area contributed by atoms with Crippen LogP contribution in [0.25, 0.3) is 0 Å². The molecule has 0 aromatic heterocycles. The van der Waals surface area contributed by atoms with Gasteiger partial charge in [-0.2, -0.15) is 0 Å². The van der Waals surface area contributed by atoms with E-state index >= 15 is 0 Å². The summed E-state index contributed by atoms with van der Waals surface area (Å²) in [5.74, 6) is 0.872. The fourth-order valence-corrected chi connectivity index (χ4v) is 2.18. The van der Waals surface area contributed by atoms with Gasteiger partial charge in [-0.05, 0) is 49.9 Å². The van der Waals surface area contributed by atoms with Crippen molar-refractivity contribution in [2.24, 2.45) is 11.3 Å². The second-order valence-corrected chi connectivity index (χ2v) is 6.13. The normalized spacial score (nSPS) is 22.6. The Morgan fingerprint density at radius 3 is 2.00 bits per heavy atom. The molecule has 0 bridgehead atoms. The van der Waals surface area contributed by atoms with Crippen molar-refractivity contribution in [3.05, 3.63) is 24.3 Å². The van der Waals surface area contributed by atoms with E-state index < -0.39 is 0 Å². The molecule has 1 rings (SSSR count). The van der Waals surface area contributed by atoms with Gasteiger partial charge in [0.25, 0.3) is 0 Å². The molecule has 0 spiro atoms. The van der Waals surface area contributed by atoms with E-state index in [2.05, 4.69) is 45.1 Å². The molecule has 0 aliphatic heterocycles. The minimum absolute atomic E-state index is 0.610. The zero-order chi connectivity index (χ0) is 12.6. The molecule has 0 aromatic rings. The molecule has 0 N–H and O–H groups in total. The molecule has 1 saturated carbocycles. The summed E-state index contributed by atoms with van der Waals surface area (Å²) in [6, 6.07) is 0. The summed E-state index contributed by atoms with van der Waals surface area (Å²) < 4.78 is 0. The van der Waals surface area contributed by atoms with Crippen LogP contribution in [0, 0.1) is 11.3 Å². The lowest BCUT2D eigenvalue weighted by atomic mass is 10.1. The van der Waals surface area contributed by atoms with Gasteiger partial charge in [0.2, 0.25) is 0 Å². The van der Waals surface area contributed by atoms with Gasteiger partial charge in [-0.25, -0.2) is 0 Å². The molecule has 0 nitrogen and oxygen atoms in total. The van der Waals surface area contributed by atoms with Gasteiger partial charge >= 0.3 is 0 Å². The van der Waals surface area contributed by atoms with Crippen molar-refractivity contribution in [2.75, 3.05) is 0 Å². The molecule has 1 aliphatic rings. The maximum absolute atomic E-state index is 2.44. The van der Waals surface area contributed by atoms with Crippen molar-refractivity contribution >= 4 is 0 Å². The quantitative estimate of drug-likeness (QED) is 0.344. The summed E-state index contributed by atoms with van der Waals surface area (Å²) in [6.07, 6.45) is 20.1. The van der Waals surface area contributed by atoms with E-state index in [1.807, 2.05) is 0 Å². The zero-order valence-electron chi connectivity index (χ0n) is 12.0. The zero-order valence-corrected chi connectivity index (χ0v) is 12.0. The summed E-state index contributed by atoms with van der Waals surface area (Å²) in [4.78, 5) is 0. The highest BCUT2D eigenvalue weighted by atomic mass is 14.5. The molecule has 1 atom stereocenters. The topological polar surface area (TPSA) is 0 Å². The lowest BCUT2D eigenvalue weighted by molar-refractivity contribution is 0.609. The van der Waals surface area contributed by atoms with Crippen LogP contribution in [0.15, 0.2) is 24.3 Å². The molecule has 0 saturated heterocycles. The monoisotopic (exact) mass is 234 g/mol. The number of hydrogen-bond donors (Lipinski definition) is 0.